The Kier molecular flexibility index (Phi) is 9.42. The average molecular weight is 200 g/mol. The number of rotatable bonds is 4. The largest absolute Gasteiger partial charge is 0.301 e. The van der Waals surface area contributed by atoms with Crippen molar-refractivity contribution in [3.63, 3.8) is 0 Å². The summed E-state index contributed by atoms with van der Waals surface area (Å²) < 4.78 is 0. The van der Waals surface area contributed by atoms with Crippen LogP contribution in [0.4, 0.5) is 0 Å². The SMILES string of the molecule is CC.CCCN1CCN(CCC)CC1. The average Bonchev–Trinajstić information content (AvgIpc) is 2.25. The lowest BCUT2D eigenvalue weighted by molar-refractivity contribution is 0.133. The first kappa shape index (κ1) is 13.9. The summed E-state index contributed by atoms with van der Waals surface area (Å²) in [5.41, 5.74) is 0. The molecular weight excluding hydrogens is 172 g/mol. The van der Waals surface area contributed by atoms with Gasteiger partial charge < -0.3 is 9.80 Å². The molecule has 1 rings (SSSR count). The Morgan fingerprint density at radius 2 is 1.00 bits per heavy atom. The summed E-state index contributed by atoms with van der Waals surface area (Å²) in [6, 6.07) is 0. The molecule has 0 aromatic carbocycles. The molecule has 0 saturated carbocycles. The molecular formula is C12H28N2. The van der Waals surface area contributed by atoms with Crippen LogP contribution in [0.2, 0.25) is 0 Å². The van der Waals surface area contributed by atoms with Crippen LogP contribution in [0.15, 0.2) is 0 Å². The van der Waals surface area contributed by atoms with Gasteiger partial charge in [0.15, 0.2) is 0 Å². The van der Waals surface area contributed by atoms with Gasteiger partial charge in [-0.25, -0.2) is 0 Å². The van der Waals surface area contributed by atoms with Gasteiger partial charge in [-0.1, -0.05) is 27.7 Å². The molecule has 0 aromatic heterocycles. The molecule has 14 heavy (non-hydrogen) atoms. The molecule has 0 amide bonds. The van der Waals surface area contributed by atoms with E-state index in [9.17, 15) is 0 Å². The Morgan fingerprint density at radius 1 is 0.714 bits per heavy atom. The van der Waals surface area contributed by atoms with Gasteiger partial charge >= 0.3 is 0 Å². The maximum absolute atomic E-state index is 2.58. The minimum atomic E-state index is 1.29. The van der Waals surface area contributed by atoms with Crippen LogP contribution in [-0.2, 0) is 0 Å². The van der Waals surface area contributed by atoms with Crippen molar-refractivity contribution in [1.29, 1.82) is 0 Å². The van der Waals surface area contributed by atoms with E-state index < -0.39 is 0 Å². The first-order chi connectivity index (χ1) is 6.86. The zero-order chi connectivity index (χ0) is 10.8. The van der Waals surface area contributed by atoms with Crippen LogP contribution in [0.1, 0.15) is 40.5 Å². The molecule has 0 radical (unpaired) electrons. The second-order valence-corrected chi connectivity index (χ2v) is 3.68. The first-order valence-corrected chi connectivity index (χ1v) is 6.31. The molecule has 0 spiro atoms. The van der Waals surface area contributed by atoms with Gasteiger partial charge in [0.2, 0.25) is 0 Å². The van der Waals surface area contributed by atoms with E-state index in [1.807, 2.05) is 13.8 Å². The van der Waals surface area contributed by atoms with Gasteiger partial charge in [0.05, 0.1) is 0 Å². The first-order valence-electron chi connectivity index (χ1n) is 6.31. The Balaban J connectivity index is 0.000000791. The van der Waals surface area contributed by atoms with E-state index in [1.165, 1.54) is 52.1 Å². The van der Waals surface area contributed by atoms with Crippen molar-refractivity contribution in [2.24, 2.45) is 0 Å². The van der Waals surface area contributed by atoms with Gasteiger partial charge in [0.25, 0.3) is 0 Å². The molecule has 1 aliphatic heterocycles. The number of nitrogens with zero attached hydrogens (tertiary/aromatic N) is 2. The Morgan fingerprint density at radius 3 is 1.21 bits per heavy atom. The van der Waals surface area contributed by atoms with Crippen molar-refractivity contribution in [3.05, 3.63) is 0 Å². The van der Waals surface area contributed by atoms with Crippen LogP contribution in [0.5, 0.6) is 0 Å². The predicted molar refractivity (Wildman–Crippen MR) is 64.8 cm³/mol. The van der Waals surface area contributed by atoms with Crippen LogP contribution in [-0.4, -0.2) is 49.1 Å². The highest BCUT2D eigenvalue weighted by molar-refractivity contribution is 4.70. The summed E-state index contributed by atoms with van der Waals surface area (Å²) >= 11 is 0. The fraction of sp³-hybridized carbons (Fsp3) is 1.00. The molecule has 0 unspecified atom stereocenters. The van der Waals surface area contributed by atoms with E-state index in [1.54, 1.807) is 0 Å². The second kappa shape index (κ2) is 9.47. The van der Waals surface area contributed by atoms with E-state index in [0.29, 0.717) is 0 Å². The van der Waals surface area contributed by atoms with Crippen LogP contribution in [0.25, 0.3) is 0 Å². The van der Waals surface area contributed by atoms with Crippen LogP contribution < -0.4 is 0 Å². The minimum absolute atomic E-state index is 1.29. The number of hydrogen-bond acceptors (Lipinski definition) is 2. The molecule has 0 aliphatic carbocycles. The lowest BCUT2D eigenvalue weighted by atomic mass is 10.3. The minimum Gasteiger partial charge on any atom is -0.301 e. The van der Waals surface area contributed by atoms with Crippen molar-refractivity contribution in [2.45, 2.75) is 40.5 Å². The fourth-order valence-corrected chi connectivity index (χ4v) is 1.87. The summed E-state index contributed by atoms with van der Waals surface area (Å²) in [4.78, 5) is 5.15. The van der Waals surface area contributed by atoms with Crippen molar-refractivity contribution in [2.75, 3.05) is 39.3 Å². The molecule has 0 N–H and O–H groups in total. The van der Waals surface area contributed by atoms with Gasteiger partial charge in [-0.15, -0.1) is 0 Å². The molecule has 0 bridgehead atoms. The Hall–Kier alpha value is -0.0800. The summed E-state index contributed by atoms with van der Waals surface area (Å²) in [6.45, 7) is 16.3. The summed E-state index contributed by atoms with van der Waals surface area (Å²) in [7, 11) is 0. The topological polar surface area (TPSA) is 6.48 Å². The highest BCUT2D eigenvalue weighted by Crippen LogP contribution is 2.02. The molecule has 2 nitrogen and oxygen atoms in total. The van der Waals surface area contributed by atoms with Crippen LogP contribution in [0.3, 0.4) is 0 Å². The quantitative estimate of drug-likeness (QED) is 0.688. The van der Waals surface area contributed by atoms with Crippen LogP contribution in [0, 0.1) is 0 Å². The maximum atomic E-state index is 2.58. The summed E-state index contributed by atoms with van der Waals surface area (Å²) in [6.07, 6.45) is 2.60. The normalized spacial score (nSPS) is 18.9. The standard InChI is InChI=1S/C10H22N2.C2H6/c1-3-5-11-7-9-12(6-4-2)10-8-11;1-2/h3-10H2,1-2H3;1-2H3. The van der Waals surface area contributed by atoms with Crippen LogP contribution >= 0.6 is 0 Å². The van der Waals surface area contributed by atoms with Gasteiger partial charge in [0.1, 0.15) is 0 Å². The van der Waals surface area contributed by atoms with E-state index in [2.05, 4.69) is 23.6 Å². The monoisotopic (exact) mass is 200 g/mol. The maximum Gasteiger partial charge on any atom is 0.0110 e. The Bertz CT molecular complexity index is 92.9. The molecule has 1 saturated heterocycles. The highest BCUT2D eigenvalue weighted by atomic mass is 15.3. The van der Waals surface area contributed by atoms with Gasteiger partial charge in [-0.05, 0) is 25.9 Å². The fourth-order valence-electron chi connectivity index (χ4n) is 1.87. The third-order valence-electron chi connectivity index (χ3n) is 2.54. The lowest BCUT2D eigenvalue weighted by Gasteiger charge is -2.34. The van der Waals surface area contributed by atoms with Gasteiger partial charge in [-0.2, -0.15) is 0 Å². The molecule has 0 atom stereocenters. The predicted octanol–water partition coefficient (Wildman–Crippen LogP) is 2.45. The van der Waals surface area contributed by atoms with E-state index in [0.717, 1.165) is 0 Å². The molecule has 0 aromatic rings. The number of hydrogen-bond donors (Lipinski definition) is 0. The molecule has 1 fully saturated rings. The van der Waals surface area contributed by atoms with E-state index in [-0.39, 0.29) is 0 Å². The zero-order valence-electron chi connectivity index (χ0n) is 10.6. The van der Waals surface area contributed by atoms with Gasteiger partial charge in [-0.3, -0.25) is 0 Å². The molecule has 1 heterocycles. The lowest BCUT2D eigenvalue weighted by Crippen LogP contribution is -2.46. The highest BCUT2D eigenvalue weighted by Gasteiger charge is 2.14. The molecule has 1 aliphatic rings. The van der Waals surface area contributed by atoms with Gasteiger partial charge in [0, 0.05) is 26.2 Å². The van der Waals surface area contributed by atoms with E-state index >= 15 is 0 Å². The molecule has 2 heteroatoms. The summed E-state index contributed by atoms with van der Waals surface area (Å²) in [5, 5.41) is 0. The smallest absolute Gasteiger partial charge is 0.0110 e. The van der Waals surface area contributed by atoms with Crippen molar-refractivity contribution in [3.8, 4) is 0 Å². The van der Waals surface area contributed by atoms with Crippen molar-refractivity contribution < 1.29 is 0 Å². The molecule has 86 valence electrons. The zero-order valence-corrected chi connectivity index (χ0v) is 10.6. The summed E-state index contributed by atoms with van der Waals surface area (Å²) in [5.74, 6) is 0. The second-order valence-electron chi connectivity index (χ2n) is 3.68. The third kappa shape index (κ3) is 5.61. The van der Waals surface area contributed by atoms with Crippen molar-refractivity contribution >= 4 is 0 Å². The van der Waals surface area contributed by atoms with E-state index in [4.69, 9.17) is 0 Å². The number of piperazine rings is 1. The Labute approximate surface area is 90.3 Å². The third-order valence-corrected chi connectivity index (χ3v) is 2.54. The van der Waals surface area contributed by atoms with Crippen molar-refractivity contribution in [1.82, 2.24) is 9.80 Å².